The Bertz CT molecular complexity index is 2830. The fourth-order valence-electron chi connectivity index (χ4n) is 11.1. The highest BCUT2D eigenvalue weighted by atomic mass is 16.6. The Hall–Kier alpha value is -6.58. The number of allylic oxidation sites excluding steroid dienone is 11. The molecular weight excluding hydrogens is 707 g/mol. The van der Waals surface area contributed by atoms with Crippen molar-refractivity contribution in [2.75, 3.05) is 11.4 Å². The number of fused-ring (bicyclic) bond motifs is 12. The summed E-state index contributed by atoms with van der Waals surface area (Å²) in [6.45, 7) is 3.06. The molecule has 1 aliphatic heterocycles. The number of para-hydroxylation sites is 1. The van der Waals surface area contributed by atoms with E-state index in [1.54, 1.807) is 0 Å². The van der Waals surface area contributed by atoms with Crippen molar-refractivity contribution in [3.63, 3.8) is 0 Å². The van der Waals surface area contributed by atoms with Gasteiger partial charge in [0, 0.05) is 28.9 Å². The summed E-state index contributed by atoms with van der Waals surface area (Å²) >= 11 is 0. The molecule has 1 spiro atoms. The van der Waals surface area contributed by atoms with Crippen molar-refractivity contribution in [3.05, 3.63) is 227 Å². The van der Waals surface area contributed by atoms with Crippen molar-refractivity contribution in [1.82, 2.24) is 0 Å². The van der Waals surface area contributed by atoms with E-state index in [4.69, 9.17) is 9.47 Å². The highest BCUT2D eigenvalue weighted by Crippen LogP contribution is 2.65. The van der Waals surface area contributed by atoms with Gasteiger partial charge in [0.2, 0.25) is 0 Å². The Kier molecular flexibility index (Phi) is 7.35. The minimum atomic E-state index is -0.353. The molecule has 0 radical (unpaired) electrons. The van der Waals surface area contributed by atoms with Crippen LogP contribution in [0.25, 0.3) is 27.8 Å². The summed E-state index contributed by atoms with van der Waals surface area (Å²) in [5.74, 6) is 1.63. The predicted molar refractivity (Wildman–Crippen MR) is 236 cm³/mol. The van der Waals surface area contributed by atoms with E-state index in [0.717, 1.165) is 43.0 Å². The third kappa shape index (κ3) is 4.74. The van der Waals surface area contributed by atoms with Gasteiger partial charge in [-0.15, -0.1) is 0 Å². The van der Waals surface area contributed by atoms with Gasteiger partial charge in [-0.25, -0.2) is 0 Å². The van der Waals surface area contributed by atoms with Crippen LogP contribution in [0.3, 0.4) is 0 Å². The van der Waals surface area contributed by atoms with Gasteiger partial charge in [0.25, 0.3) is 0 Å². The molecule has 280 valence electrons. The van der Waals surface area contributed by atoms with Crippen LogP contribution in [0.5, 0.6) is 11.5 Å². The lowest BCUT2D eigenvalue weighted by Gasteiger charge is -2.42. The largest absolute Gasteiger partial charge is 0.478 e. The van der Waals surface area contributed by atoms with Crippen LogP contribution >= 0.6 is 0 Å². The second-order valence-corrected chi connectivity index (χ2v) is 16.7. The quantitative estimate of drug-likeness (QED) is 0.179. The van der Waals surface area contributed by atoms with Crippen molar-refractivity contribution in [3.8, 4) is 33.8 Å². The van der Waals surface area contributed by atoms with Gasteiger partial charge in [0.15, 0.2) is 23.7 Å². The topological polar surface area (TPSA) is 21.7 Å². The molecule has 4 atom stereocenters. The number of hydrogen-bond donors (Lipinski definition) is 0. The highest BCUT2D eigenvalue weighted by molar-refractivity contribution is 5.98. The molecule has 0 saturated heterocycles. The number of aryl methyl sites for hydroxylation is 1. The smallest absolute Gasteiger partial charge is 0.162 e. The Morgan fingerprint density at radius 2 is 1.50 bits per heavy atom. The molecule has 0 aromatic heterocycles. The minimum absolute atomic E-state index is 0.166. The molecule has 1 heterocycles. The van der Waals surface area contributed by atoms with Gasteiger partial charge in [0.1, 0.15) is 0 Å². The highest BCUT2D eigenvalue weighted by Gasteiger charge is 2.54. The first kappa shape index (κ1) is 33.5. The number of nitrogens with zero attached hydrogens (tertiary/aromatic N) is 1. The molecule has 3 heteroatoms. The monoisotopic (exact) mass is 749 g/mol. The van der Waals surface area contributed by atoms with Gasteiger partial charge >= 0.3 is 0 Å². The van der Waals surface area contributed by atoms with E-state index < -0.39 is 0 Å². The summed E-state index contributed by atoms with van der Waals surface area (Å²) in [7, 11) is 0. The van der Waals surface area contributed by atoms with Gasteiger partial charge < -0.3 is 14.4 Å². The molecule has 12 rings (SSSR count). The standard InChI is InChI=1S/C55H43NO2/c1-36-16-15-24-43-41-22-5-8-25-45(41)55(53(36)43)46-26-9-6-23-42(46)44-33-51-52(34-47(44)55)57-49-29-28-39(32-50(49)58-51)56(35-54-30-13-11-19-38(54)20-12-14-31-54)48-27-10-7-21-40(48)37-17-3-2-4-18-37/h2-8,10-25,27-30,32-34,49-50H,9,26,31,35H2,1H3. The summed E-state index contributed by atoms with van der Waals surface area (Å²) in [6.07, 6.45) is 29.7. The third-order valence-electron chi connectivity index (χ3n) is 13.6. The normalized spacial score (nSPS) is 24.7. The van der Waals surface area contributed by atoms with E-state index >= 15 is 0 Å². The maximum Gasteiger partial charge on any atom is 0.162 e. The molecule has 0 N–H and O–H groups in total. The molecule has 5 aromatic carbocycles. The van der Waals surface area contributed by atoms with E-state index in [1.165, 1.54) is 72.5 Å². The van der Waals surface area contributed by atoms with Crippen LogP contribution < -0.4 is 14.4 Å². The lowest BCUT2D eigenvalue weighted by Crippen LogP contribution is -2.43. The molecule has 0 fully saturated rings. The zero-order valence-corrected chi connectivity index (χ0v) is 32.6. The van der Waals surface area contributed by atoms with Gasteiger partial charge in [-0.3, -0.25) is 0 Å². The predicted octanol–water partition coefficient (Wildman–Crippen LogP) is 12.6. The molecule has 5 aromatic rings. The molecule has 7 aliphatic rings. The van der Waals surface area contributed by atoms with Crippen molar-refractivity contribution in [2.45, 2.75) is 43.8 Å². The van der Waals surface area contributed by atoms with Crippen LogP contribution in [-0.2, 0) is 5.41 Å². The Morgan fingerprint density at radius 3 is 2.43 bits per heavy atom. The van der Waals surface area contributed by atoms with E-state index in [-0.39, 0.29) is 23.0 Å². The molecule has 4 unspecified atom stereocenters. The van der Waals surface area contributed by atoms with Crippen molar-refractivity contribution < 1.29 is 9.47 Å². The molecule has 6 aliphatic carbocycles. The van der Waals surface area contributed by atoms with Crippen molar-refractivity contribution in [1.29, 1.82) is 0 Å². The summed E-state index contributed by atoms with van der Waals surface area (Å²) < 4.78 is 14.1. The zero-order valence-electron chi connectivity index (χ0n) is 32.6. The molecule has 3 nitrogen and oxygen atoms in total. The van der Waals surface area contributed by atoms with Gasteiger partial charge in [-0.2, -0.15) is 0 Å². The summed E-state index contributed by atoms with van der Waals surface area (Å²) in [4.78, 5) is 2.51. The van der Waals surface area contributed by atoms with Crippen molar-refractivity contribution in [2.24, 2.45) is 5.41 Å². The molecule has 0 amide bonds. The van der Waals surface area contributed by atoms with Crippen LogP contribution in [0, 0.1) is 12.3 Å². The fraction of sp³-hybridized carbons (Fsp3) is 0.164. The second-order valence-electron chi connectivity index (χ2n) is 16.7. The number of anilines is 1. The zero-order chi connectivity index (χ0) is 38.4. The maximum absolute atomic E-state index is 7.11. The van der Waals surface area contributed by atoms with Crippen molar-refractivity contribution >= 4 is 11.3 Å². The Labute approximate surface area is 340 Å². The maximum atomic E-state index is 7.11. The van der Waals surface area contributed by atoms with E-state index in [2.05, 4.69) is 194 Å². The van der Waals surface area contributed by atoms with E-state index in [1.807, 2.05) is 0 Å². The molecular formula is C55H43NO2. The molecule has 58 heavy (non-hydrogen) atoms. The average Bonchev–Trinajstić information content (AvgIpc) is 3.74. The van der Waals surface area contributed by atoms with E-state index in [0.29, 0.717) is 0 Å². The van der Waals surface area contributed by atoms with E-state index in [9.17, 15) is 0 Å². The van der Waals surface area contributed by atoms with Crippen LogP contribution in [0.1, 0.15) is 47.1 Å². The lowest BCUT2D eigenvalue weighted by atomic mass is 9.67. The average molecular weight is 750 g/mol. The Morgan fingerprint density at radius 1 is 0.690 bits per heavy atom. The SMILES string of the molecule is Cc1cccc2c1C1(C3=C(C=CCC3)c3cc4c(cc31)OC1C=CC(N(CC35C=CC=CC3=CC=CC5)c3ccccc3-c3ccccc3)=CC1O4)c1ccccc1-2. The molecule has 0 saturated carbocycles. The van der Waals surface area contributed by atoms with Crippen LogP contribution in [0.2, 0.25) is 0 Å². The van der Waals surface area contributed by atoms with Gasteiger partial charge in [-0.05, 0) is 124 Å². The van der Waals surface area contributed by atoms with Gasteiger partial charge in [-0.1, -0.05) is 146 Å². The summed E-state index contributed by atoms with van der Waals surface area (Å²) in [5, 5.41) is 0. The number of hydrogen-bond acceptors (Lipinski definition) is 3. The first-order chi connectivity index (χ1) is 28.6. The summed E-state index contributed by atoms with van der Waals surface area (Å²) in [5.41, 5.74) is 17.7. The minimum Gasteiger partial charge on any atom is -0.478 e. The second kappa shape index (κ2) is 12.7. The van der Waals surface area contributed by atoms with Crippen LogP contribution in [0.15, 0.2) is 199 Å². The van der Waals surface area contributed by atoms with Crippen LogP contribution in [0.4, 0.5) is 5.69 Å². The molecule has 0 bridgehead atoms. The Balaban J connectivity index is 0.974. The number of ether oxygens (including phenoxy) is 2. The lowest BCUT2D eigenvalue weighted by molar-refractivity contribution is 0.0746. The van der Waals surface area contributed by atoms with Gasteiger partial charge in [0.05, 0.1) is 5.41 Å². The number of rotatable bonds is 5. The van der Waals surface area contributed by atoms with Crippen LogP contribution in [-0.4, -0.2) is 18.8 Å². The first-order valence-corrected chi connectivity index (χ1v) is 20.8. The third-order valence-corrected chi connectivity index (χ3v) is 13.6. The summed E-state index contributed by atoms with van der Waals surface area (Å²) in [6, 6.07) is 40.0. The fourth-order valence-corrected chi connectivity index (χ4v) is 11.1. The number of benzene rings is 5. The first-order valence-electron chi connectivity index (χ1n) is 20.8.